The van der Waals surface area contributed by atoms with Gasteiger partial charge in [-0.15, -0.1) is 11.8 Å². The van der Waals surface area contributed by atoms with Crippen LogP contribution < -0.4 is 0 Å². The van der Waals surface area contributed by atoms with Crippen molar-refractivity contribution in [3.8, 4) is 0 Å². The van der Waals surface area contributed by atoms with Gasteiger partial charge in [0.2, 0.25) is 0 Å². The van der Waals surface area contributed by atoms with Crippen LogP contribution in [0.25, 0.3) is 0 Å². The number of halogens is 1. The molecule has 0 aromatic heterocycles. The fourth-order valence-corrected chi connectivity index (χ4v) is 2.93. The van der Waals surface area contributed by atoms with Crippen LogP contribution in [0.1, 0.15) is 6.42 Å². The number of carbonyl (C=O) groups is 1. The number of thioether (sulfide) groups is 1. The van der Waals surface area contributed by atoms with Crippen LogP contribution in [0, 0.1) is 0 Å². The first-order chi connectivity index (χ1) is 4.20. The topological polar surface area (TPSA) is 37.3 Å². The molecule has 9 heavy (non-hydrogen) atoms. The molecule has 0 amide bonds. The summed E-state index contributed by atoms with van der Waals surface area (Å²) in [6.45, 7) is 0. The fraction of sp³-hybridized carbons (Fsp3) is 0.800. The highest BCUT2D eigenvalue weighted by Crippen LogP contribution is 2.30. The standard InChI is InChI=1S/C5H7BrO2S/c6-3-1-4(5(7)8)9-2-3/h3-4H,1-2H2,(H,7,8). The van der Waals surface area contributed by atoms with E-state index in [1.165, 1.54) is 11.8 Å². The van der Waals surface area contributed by atoms with Crippen LogP contribution in [-0.2, 0) is 4.79 Å². The van der Waals surface area contributed by atoms with Crippen LogP contribution in [0.2, 0.25) is 0 Å². The van der Waals surface area contributed by atoms with Crippen molar-refractivity contribution in [2.45, 2.75) is 16.5 Å². The monoisotopic (exact) mass is 210 g/mol. The molecule has 0 radical (unpaired) electrons. The van der Waals surface area contributed by atoms with Gasteiger partial charge in [-0.25, -0.2) is 0 Å². The van der Waals surface area contributed by atoms with Crippen LogP contribution in [-0.4, -0.2) is 26.9 Å². The minimum atomic E-state index is -0.679. The molecule has 0 saturated carbocycles. The van der Waals surface area contributed by atoms with E-state index in [2.05, 4.69) is 15.9 Å². The molecule has 52 valence electrons. The van der Waals surface area contributed by atoms with Crippen molar-refractivity contribution in [3.63, 3.8) is 0 Å². The van der Waals surface area contributed by atoms with Crippen LogP contribution in [0.5, 0.6) is 0 Å². The van der Waals surface area contributed by atoms with Crippen molar-refractivity contribution in [1.29, 1.82) is 0 Å². The number of hydrogen-bond donors (Lipinski definition) is 1. The third kappa shape index (κ3) is 1.86. The Morgan fingerprint density at radius 3 is 2.67 bits per heavy atom. The van der Waals surface area contributed by atoms with Crippen molar-refractivity contribution >= 4 is 33.7 Å². The molecule has 2 nitrogen and oxygen atoms in total. The third-order valence-electron chi connectivity index (χ3n) is 1.22. The first-order valence-corrected chi connectivity index (χ1v) is 4.65. The van der Waals surface area contributed by atoms with Gasteiger partial charge in [-0.3, -0.25) is 4.79 Å². The normalized spacial score (nSPS) is 34.8. The van der Waals surface area contributed by atoms with E-state index in [4.69, 9.17) is 5.11 Å². The van der Waals surface area contributed by atoms with E-state index < -0.39 is 5.97 Å². The minimum absolute atomic E-state index is 0.172. The largest absolute Gasteiger partial charge is 0.480 e. The number of alkyl halides is 1. The Kier molecular flexibility index (Phi) is 2.41. The second-order valence-corrected chi connectivity index (χ2v) is 4.52. The number of carboxylic acids is 1. The summed E-state index contributed by atoms with van der Waals surface area (Å²) < 4.78 is 0. The molecule has 0 aromatic carbocycles. The number of aliphatic carboxylic acids is 1. The molecular formula is C5H7BrO2S. The SMILES string of the molecule is O=C(O)C1CC(Br)CS1. The zero-order valence-corrected chi connectivity index (χ0v) is 7.11. The maximum absolute atomic E-state index is 10.3. The highest BCUT2D eigenvalue weighted by Gasteiger charge is 2.28. The van der Waals surface area contributed by atoms with Gasteiger partial charge in [-0.2, -0.15) is 0 Å². The highest BCUT2D eigenvalue weighted by atomic mass is 79.9. The minimum Gasteiger partial charge on any atom is -0.480 e. The van der Waals surface area contributed by atoms with Gasteiger partial charge in [0.25, 0.3) is 0 Å². The van der Waals surface area contributed by atoms with Gasteiger partial charge in [-0.05, 0) is 6.42 Å². The Balaban J connectivity index is 2.39. The van der Waals surface area contributed by atoms with Crippen LogP contribution in [0.4, 0.5) is 0 Å². The van der Waals surface area contributed by atoms with Crippen molar-refractivity contribution in [3.05, 3.63) is 0 Å². The first kappa shape index (κ1) is 7.41. The number of hydrogen-bond acceptors (Lipinski definition) is 2. The molecule has 1 saturated heterocycles. The van der Waals surface area contributed by atoms with Crippen LogP contribution >= 0.6 is 27.7 Å². The van der Waals surface area contributed by atoms with Crippen molar-refractivity contribution in [1.82, 2.24) is 0 Å². The van der Waals surface area contributed by atoms with E-state index in [0.29, 0.717) is 4.83 Å². The number of rotatable bonds is 1. The van der Waals surface area contributed by atoms with Gasteiger partial charge >= 0.3 is 5.97 Å². The van der Waals surface area contributed by atoms with Crippen LogP contribution in [0.15, 0.2) is 0 Å². The molecule has 1 rings (SSSR count). The maximum atomic E-state index is 10.3. The predicted octanol–water partition coefficient (Wildman–Crippen LogP) is 1.34. The van der Waals surface area contributed by atoms with Gasteiger partial charge in [0.05, 0.1) is 0 Å². The van der Waals surface area contributed by atoms with Crippen LogP contribution in [0.3, 0.4) is 0 Å². The molecule has 1 heterocycles. The molecule has 4 heteroatoms. The molecule has 0 bridgehead atoms. The Morgan fingerprint density at radius 2 is 2.44 bits per heavy atom. The van der Waals surface area contributed by atoms with Gasteiger partial charge in [0, 0.05) is 10.6 Å². The molecule has 0 aliphatic carbocycles. The zero-order valence-electron chi connectivity index (χ0n) is 4.71. The van der Waals surface area contributed by atoms with Crippen molar-refractivity contribution < 1.29 is 9.90 Å². The van der Waals surface area contributed by atoms with Gasteiger partial charge in [0.1, 0.15) is 5.25 Å². The lowest BCUT2D eigenvalue weighted by atomic mass is 10.2. The Labute approximate surface area is 66.1 Å². The Hall–Kier alpha value is 0.300. The summed E-state index contributed by atoms with van der Waals surface area (Å²) in [7, 11) is 0. The van der Waals surface area contributed by atoms with Crippen molar-refractivity contribution in [2.24, 2.45) is 0 Å². The quantitative estimate of drug-likeness (QED) is 0.665. The average molecular weight is 211 g/mol. The summed E-state index contributed by atoms with van der Waals surface area (Å²) in [5.41, 5.74) is 0. The van der Waals surface area contributed by atoms with Gasteiger partial charge in [0.15, 0.2) is 0 Å². The van der Waals surface area contributed by atoms with Crippen molar-refractivity contribution in [2.75, 3.05) is 5.75 Å². The Bertz CT molecular complexity index is 128. The van der Waals surface area contributed by atoms with E-state index >= 15 is 0 Å². The summed E-state index contributed by atoms with van der Waals surface area (Å²) in [5, 5.41) is 8.32. The molecule has 1 N–H and O–H groups in total. The third-order valence-corrected chi connectivity index (χ3v) is 3.74. The molecule has 0 aromatic rings. The molecular weight excluding hydrogens is 204 g/mol. The molecule has 1 fully saturated rings. The molecule has 2 unspecified atom stereocenters. The van der Waals surface area contributed by atoms with Gasteiger partial charge < -0.3 is 5.11 Å². The fourth-order valence-electron chi connectivity index (χ4n) is 0.761. The van der Waals surface area contributed by atoms with Gasteiger partial charge in [-0.1, -0.05) is 15.9 Å². The van der Waals surface area contributed by atoms with E-state index in [1.54, 1.807) is 0 Å². The number of carboxylic acid groups (broad SMARTS) is 1. The lowest BCUT2D eigenvalue weighted by molar-refractivity contribution is -0.136. The molecule has 1 aliphatic heterocycles. The van der Waals surface area contributed by atoms with E-state index in [9.17, 15) is 4.79 Å². The van der Waals surface area contributed by atoms with E-state index in [1.807, 2.05) is 0 Å². The second kappa shape index (κ2) is 2.92. The maximum Gasteiger partial charge on any atom is 0.316 e. The van der Waals surface area contributed by atoms with E-state index in [-0.39, 0.29) is 5.25 Å². The lowest BCUT2D eigenvalue weighted by Crippen LogP contribution is -2.13. The van der Waals surface area contributed by atoms with E-state index in [0.717, 1.165) is 12.2 Å². The molecule has 1 aliphatic rings. The average Bonchev–Trinajstić information content (AvgIpc) is 2.14. The lowest BCUT2D eigenvalue weighted by Gasteiger charge is -1.97. The summed E-state index contributed by atoms with van der Waals surface area (Å²) in [4.78, 5) is 10.7. The summed E-state index contributed by atoms with van der Waals surface area (Å²) in [6, 6.07) is 0. The molecule has 2 atom stereocenters. The zero-order chi connectivity index (χ0) is 6.85. The highest BCUT2D eigenvalue weighted by molar-refractivity contribution is 9.09. The summed E-state index contributed by atoms with van der Waals surface area (Å²) >= 11 is 4.87. The Morgan fingerprint density at radius 1 is 1.78 bits per heavy atom. The summed E-state index contributed by atoms with van der Waals surface area (Å²) in [6.07, 6.45) is 0.764. The first-order valence-electron chi connectivity index (χ1n) is 2.68. The predicted molar refractivity (Wildman–Crippen MR) is 41.2 cm³/mol. The summed E-state index contributed by atoms with van der Waals surface area (Å²) in [5.74, 6) is 0.249. The second-order valence-electron chi connectivity index (χ2n) is 1.99. The smallest absolute Gasteiger partial charge is 0.316 e. The molecule has 0 spiro atoms.